The first kappa shape index (κ1) is 15.3. The zero-order valence-corrected chi connectivity index (χ0v) is 12.5. The minimum atomic E-state index is -0.696. The lowest BCUT2D eigenvalue weighted by Gasteiger charge is -2.07. The molecule has 8 heteroatoms. The van der Waals surface area contributed by atoms with Gasteiger partial charge in [-0.05, 0) is 24.3 Å². The summed E-state index contributed by atoms with van der Waals surface area (Å²) in [4.78, 5) is 47.1. The molecule has 0 aromatic carbocycles. The average molecular weight is 323 g/mol. The summed E-state index contributed by atoms with van der Waals surface area (Å²) in [6.45, 7) is -0.0281. The van der Waals surface area contributed by atoms with Crippen molar-refractivity contribution in [2.75, 3.05) is 5.32 Å². The van der Waals surface area contributed by atoms with E-state index in [0.29, 0.717) is 11.5 Å². The lowest BCUT2D eigenvalue weighted by Crippen LogP contribution is -2.39. The Balaban J connectivity index is 1.93. The highest BCUT2D eigenvalue weighted by Crippen LogP contribution is 2.02. The summed E-state index contributed by atoms with van der Waals surface area (Å²) in [5, 5.41) is 2.51. The van der Waals surface area contributed by atoms with Crippen LogP contribution in [0.25, 0.3) is 0 Å². The van der Waals surface area contributed by atoms with Crippen LogP contribution in [0.15, 0.2) is 64.6 Å². The summed E-state index contributed by atoms with van der Waals surface area (Å²) in [5.74, 6) is -0.339. The normalized spacial score (nSPS) is 10.3. The van der Waals surface area contributed by atoms with Gasteiger partial charge in [0.15, 0.2) is 0 Å². The molecule has 0 saturated carbocycles. The number of aromatic amines is 1. The fourth-order valence-corrected chi connectivity index (χ4v) is 2.09. The number of hydrogen-bond acceptors (Lipinski definition) is 5. The predicted molar refractivity (Wildman–Crippen MR) is 86.9 cm³/mol. The molecule has 1 amide bonds. The first-order chi connectivity index (χ1) is 11.6. The highest BCUT2D eigenvalue weighted by atomic mass is 16.2. The molecule has 0 aliphatic rings. The van der Waals surface area contributed by atoms with Gasteiger partial charge >= 0.3 is 5.69 Å². The Morgan fingerprint density at radius 2 is 1.83 bits per heavy atom. The molecule has 120 valence electrons. The Labute approximate surface area is 135 Å². The second kappa shape index (κ2) is 6.69. The molecule has 0 spiro atoms. The van der Waals surface area contributed by atoms with E-state index < -0.39 is 17.2 Å². The topological polar surface area (TPSA) is 110 Å². The van der Waals surface area contributed by atoms with Gasteiger partial charge in [-0.3, -0.25) is 19.1 Å². The summed E-state index contributed by atoms with van der Waals surface area (Å²) in [7, 11) is 0. The van der Waals surface area contributed by atoms with Crippen molar-refractivity contribution in [2.24, 2.45) is 0 Å². The maximum Gasteiger partial charge on any atom is 0.328 e. The van der Waals surface area contributed by atoms with Crippen LogP contribution in [0.2, 0.25) is 0 Å². The third kappa shape index (κ3) is 3.27. The third-order valence-electron chi connectivity index (χ3n) is 3.26. The van der Waals surface area contributed by atoms with Gasteiger partial charge < -0.3 is 10.3 Å². The van der Waals surface area contributed by atoms with Crippen molar-refractivity contribution in [2.45, 2.75) is 6.54 Å². The van der Waals surface area contributed by atoms with Crippen molar-refractivity contribution in [3.05, 3.63) is 87.1 Å². The molecular weight excluding hydrogens is 310 g/mol. The van der Waals surface area contributed by atoms with E-state index in [4.69, 9.17) is 0 Å². The van der Waals surface area contributed by atoms with Crippen LogP contribution >= 0.6 is 0 Å². The van der Waals surface area contributed by atoms with Crippen LogP contribution in [0, 0.1) is 0 Å². The van der Waals surface area contributed by atoms with E-state index in [1.54, 1.807) is 42.6 Å². The summed E-state index contributed by atoms with van der Waals surface area (Å²) < 4.78 is 0.926. The SMILES string of the molecule is O=C(Nc1ccccn1)c1c[nH]c(=O)n(Cc2ccccn2)c1=O. The number of nitrogens with one attached hydrogen (secondary N) is 2. The van der Waals surface area contributed by atoms with Crippen LogP contribution in [-0.4, -0.2) is 25.4 Å². The van der Waals surface area contributed by atoms with Crippen LogP contribution < -0.4 is 16.6 Å². The number of anilines is 1. The summed E-state index contributed by atoms with van der Waals surface area (Å²) in [6, 6.07) is 10.2. The van der Waals surface area contributed by atoms with Gasteiger partial charge in [-0.2, -0.15) is 0 Å². The molecule has 3 aromatic heterocycles. The molecule has 0 atom stereocenters. The van der Waals surface area contributed by atoms with E-state index in [2.05, 4.69) is 20.3 Å². The van der Waals surface area contributed by atoms with Crippen LogP contribution in [0.1, 0.15) is 16.1 Å². The van der Waals surface area contributed by atoms with Gasteiger partial charge in [-0.1, -0.05) is 12.1 Å². The quantitative estimate of drug-likeness (QED) is 0.731. The largest absolute Gasteiger partial charge is 0.328 e. The van der Waals surface area contributed by atoms with Gasteiger partial charge in [0.05, 0.1) is 12.2 Å². The number of aromatic nitrogens is 4. The van der Waals surface area contributed by atoms with Crippen molar-refractivity contribution in [3.8, 4) is 0 Å². The van der Waals surface area contributed by atoms with Gasteiger partial charge in [0.25, 0.3) is 11.5 Å². The number of carbonyl (C=O) groups is 1. The summed E-state index contributed by atoms with van der Waals surface area (Å²) >= 11 is 0. The lowest BCUT2D eigenvalue weighted by molar-refractivity contribution is 0.102. The average Bonchev–Trinajstić information content (AvgIpc) is 2.60. The molecule has 8 nitrogen and oxygen atoms in total. The number of pyridine rings is 2. The first-order valence-corrected chi connectivity index (χ1v) is 7.10. The van der Waals surface area contributed by atoms with E-state index >= 15 is 0 Å². The molecule has 3 heterocycles. The number of carbonyl (C=O) groups excluding carboxylic acids is 1. The van der Waals surface area contributed by atoms with Crippen LogP contribution in [-0.2, 0) is 6.54 Å². The highest BCUT2D eigenvalue weighted by Gasteiger charge is 2.15. The van der Waals surface area contributed by atoms with E-state index in [1.807, 2.05) is 0 Å². The van der Waals surface area contributed by atoms with E-state index in [9.17, 15) is 14.4 Å². The van der Waals surface area contributed by atoms with Gasteiger partial charge in [0.1, 0.15) is 11.4 Å². The monoisotopic (exact) mass is 323 g/mol. The number of nitrogens with zero attached hydrogens (tertiary/aromatic N) is 3. The third-order valence-corrected chi connectivity index (χ3v) is 3.26. The molecule has 0 unspecified atom stereocenters. The van der Waals surface area contributed by atoms with E-state index in [1.165, 1.54) is 6.20 Å². The van der Waals surface area contributed by atoms with Crippen molar-refractivity contribution < 1.29 is 4.79 Å². The predicted octanol–water partition coefficient (Wildman–Crippen LogP) is 0.627. The molecule has 0 fully saturated rings. The minimum absolute atomic E-state index is 0.0281. The Morgan fingerprint density at radius 1 is 1.08 bits per heavy atom. The zero-order valence-electron chi connectivity index (χ0n) is 12.5. The Kier molecular flexibility index (Phi) is 4.28. The van der Waals surface area contributed by atoms with Crippen molar-refractivity contribution >= 4 is 11.7 Å². The van der Waals surface area contributed by atoms with Gasteiger partial charge in [-0.15, -0.1) is 0 Å². The van der Waals surface area contributed by atoms with Gasteiger partial charge in [0.2, 0.25) is 0 Å². The first-order valence-electron chi connectivity index (χ1n) is 7.10. The molecular formula is C16H13N5O3. The van der Waals surface area contributed by atoms with Gasteiger partial charge in [-0.25, -0.2) is 9.78 Å². The second-order valence-corrected chi connectivity index (χ2v) is 4.89. The molecule has 0 aliphatic carbocycles. The smallest absolute Gasteiger partial charge is 0.313 e. The number of hydrogen-bond donors (Lipinski definition) is 2. The lowest BCUT2D eigenvalue weighted by atomic mass is 10.3. The molecule has 0 aliphatic heterocycles. The maximum absolute atomic E-state index is 12.5. The summed E-state index contributed by atoms with van der Waals surface area (Å²) in [5.41, 5.74) is -0.957. The molecule has 3 rings (SSSR count). The zero-order chi connectivity index (χ0) is 16.9. The molecule has 24 heavy (non-hydrogen) atoms. The number of amides is 1. The highest BCUT2D eigenvalue weighted by molar-refractivity contribution is 6.03. The van der Waals surface area contributed by atoms with Gasteiger partial charge in [0, 0.05) is 18.6 Å². The standard InChI is InChI=1S/C16H13N5O3/c22-14(20-13-6-2-4-8-18-13)12-9-19-16(24)21(15(12)23)10-11-5-1-3-7-17-11/h1-9H,10H2,(H,19,24)(H,18,20,22). The van der Waals surface area contributed by atoms with Crippen LogP contribution in [0.4, 0.5) is 5.82 Å². The van der Waals surface area contributed by atoms with E-state index in [0.717, 1.165) is 10.8 Å². The molecule has 0 saturated heterocycles. The molecule has 0 bridgehead atoms. The Hall–Kier alpha value is -3.55. The number of H-pyrrole nitrogens is 1. The van der Waals surface area contributed by atoms with Crippen LogP contribution in [0.5, 0.6) is 0 Å². The minimum Gasteiger partial charge on any atom is -0.313 e. The molecule has 2 N–H and O–H groups in total. The van der Waals surface area contributed by atoms with Crippen LogP contribution in [0.3, 0.4) is 0 Å². The fraction of sp³-hybridized carbons (Fsp3) is 0.0625. The molecule has 0 radical (unpaired) electrons. The summed E-state index contributed by atoms with van der Waals surface area (Å²) in [6.07, 6.45) is 4.17. The Bertz CT molecular complexity index is 964. The van der Waals surface area contributed by atoms with Crippen molar-refractivity contribution in [3.63, 3.8) is 0 Å². The maximum atomic E-state index is 12.5. The molecule has 3 aromatic rings. The second-order valence-electron chi connectivity index (χ2n) is 4.89. The van der Waals surface area contributed by atoms with Crippen molar-refractivity contribution in [1.82, 2.24) is 19.5 Å². The Morgan fingerprint density at radius 3 is 2.50 bits per heavy atom. The van der Waals surface area contributed by atoms with E-state index in [-0.39, 0.29) is 12.1 Å². The fourth-order valence-electron chi connectivity index (χ4n) is 2.09. The number of rotatable bonds is 4. The van der Waals surface area contributed by atoms with Crippen molar-refractivity contribution in [1.29, 1.82) is 0 Å².